The van der Waals surface area contributed by atoms with Crippen molar-refractivity contribution in [2.75, 3.05) is 10.0 Å². The van der Waals surface area contributed by atoms with Crippen molar-refractivity contribution in [3.8, 4) is 0 Å². The minimum Gasteiger partial charge on any atom is -0.483 e. The number of rotatable bonds is 6. The first-order valence-corrected chi connectivity index (χ1v) is 10.7. The number of carbonyl (C=O) groups is 1. The summed E-state index contributed by atoms with van der Waals surface area (Å²) in [5, 5.41) is 11.8. The van der Waals surface area contributed by atoms with Crippen LogP contribution < -0.4 is 10.0 Å². The molecule has 8 nitrogen and oxygen atoms in total. The van der Waals surface area contributed by atoms with Crippen LogP contribution in [0.25, 0.3) is 0 Å². The number of hydrogen-bond donors (Lipinski definition) is 3. The number of hydrogen-bond acceptors (Lipinski definition) is 7. The van der Waals surface area contributed by atoms with E-state index in [1.165, 1.54) is 6.20 Å². The molecule has 2 aromatic heterocycles. The fourth-order valence-electron chi connectivity index (χ4n) is 2.24. The minimum absolute atomic E-state index is 0.0849. The third-order valence-electron chi connectivity index (χ3n) is 3.52. The molecule has 0 spiro atoms. The zero-order chi connectivity index (χ0) is 21.4. The van der Waals surface area contributed by atoms with Gasteiger partial charge in [-0.05, 0) is 30.7 Å². The normalized spacial score (nSPS) is 11.7. The van der Waals surface area contributed by atoms with Crippen molar-refractivity contribution in [2.24, 2.45) is 0 Å². The summed E-state index contributed by atoms with van der Waals surface area (Å²) in [6.07, 6.45) is 4.77. The molecule has 0 aliphatic rings. The Balaban J connectivity index is 0.000000941. The molecule has 29 heavy (non-hydrogen) atoms. The molecule has 0 saturated heterocycles. The molecular formula is C17H16ClFN4O4S2. The quantitative estimate of drug-likeness (QED) is 0.477. The first-order chi connectivity index (χ1) is 13.8. The van der Waals surface area contributed by atoms with Crippen molar-refractivity contribution >= 4 is 50.3 Å². The molecule has 3 rings (SSSR count). The van der Waals surface area contributed by atoms with E-state index in [-0.39, 0.29) is 28.4 Å². The summed E-state index contributed by atoms with van der Waals surface area (Å²) in [5.74, 6) is -0.917. The molecule has 0 radical (unpaired) electrons. The zero-order valence-electron chi connectivity index (χ0n) is 14.9. The molecule has 0 fully saturated rings. The lowest BCUT2D eigenvalue weighted by Crippen LogP contribution is -2.15. The average molecular weight is 459 g/mol. The van der Waals surface area contributed by atoms with Gasteiger partial charge in [-0.3, -0.25) is 14.5 Å². The second kappa shape index (κ2) is 10.1. The fraction of sp³-hybridized carbons (Fsp3) is 0.118. The second-order valence-electron chi connectivity index (χ2n) is 5.46. The predicted octanol–water partition coefficient (Wildman–Crippen LogP) is 4.01. The van der Waals surface area contributed by atoms with Crippen molar-refractivity contribution in [1.29, 1.82) is 0 Å². The van der Waals surface area contributed by atoms with Crippen molar-refractivity contribution in [2.45, 2.75) is 17.9 Å². The lowest BCUT2D eigenvalue weighted by molar-refractivity contribution is -0.122. The van der Waals surface area contributed by atoms with Crippen molar-refractivity contribution in [1.82, 2.24) is 9.97 Å². The Morgan fingerprint density at radius 2 is 2.07 bits per heavy atom. The Hall–Kier alpha value is -2.76. The number of halogens is 2. The zero-order valence-corrected chi connectivity index (χ0v) is 17.3. The number of carboxylic acid groups (broad SMARTS) is 1. The Kier molecular flexibility index (Phi) is 7.88. The number of benzene rings is 1. The molecule has 0 aliphatic carbocycles. The number of pyridine rings is 1. The third-order valence-corrected chi connectivity index (χ3v) is 6.01. The summed E-state index contributed by atoms with van der Waals surface area (Å²) in [5.41, 5.74) is 1.17. The second-order valence-corrected chi connectivity index (χ2v) is 8.42. The molecule has 0 saturated carbocycles. The first kappa shape index (κ1) is 22.5. The topological polar surface area (TPSA) is 121 Å². The Bertz CT molecular complexity index is 1050. The van der Waals surface area contributed by atoms with Crippen LogP contribution >= 0.6 is 22.9 Å². The van der Waals surface area contributed by atoms with Crippen LogP contribution in [0.3, 0.4) is 0 Å². The fourth-order valence-corrected chi connectivity index (χ4v) is 4.40. The van der Waals surface area contributed by atoms with Crippen LogP contribution in [0, 0.1) is 5.82 Å². The van der Waals surface area contributed by atoms with E-state index in [9.17, 15) is 12.8 Å². The molecule has 2 heterocycles. The highest BCUT2D eigenvalue weighted by Gasteiger charge is 2.23. The van der Waals surface area contributed by atoms with Gasteiger partial charge in [0.05, 0.1) is 16.8 Å². The SMILES string of the molecule is CC(Nc1cc(F)c(S(=O)(=O)Nc2nccs2)cc1Cl)c1cccnc1.O=CO. The minimum atomic E-state index is -4.13. The number of nitrogens with zero attached hydrogens (tertiary/aromatic N) is 2. The molecule has 0 amide bonds. The molecule has 1 atom stereocenters. The van der Waals surface area contributed by atoms with Crippen molar-refractivity contribution < 1.29 is 22.7 Å². The van der Waals surface area contributed by atoms with Crippen LogP contribution in [-0.2, 0) is 14.8 Å². The van der Waals surface area contributed by atoms with E-state index in [1.54, 1.807) is 23.8 Å². The summed E-state index contributed by atoms with van der Waals surface area (Å²) >= 11 is 7.26. The average Bonchev–Trinajstić information content (AvgIpc) is 3.18. The summed E-state index contributed by atoms with van der Waals surface area (Å²) < 4.78 is 41.4. The number of anilines is 2. The van der Waals surface area contributed by atoms with Gasteiger partial charge in [0.2, 0.25) is 0 Å². The lowest BCUT2D eigenvalue weighted by atomic mass is 10.1. The highest BCUT2D eigenvalue weighted by atomic mass is 35.5. The van der Waals surface area contributed by atoms with Gasteiger partial charge in [0.15, 0.2) is 5.13 Å². The summed E-state index contributed by atoms with van der Waals surface area (Å²) in [7, 11) is -4.13. The standard InChI is InChI=1S/C16H14ClFN4O2S2.CH2O2/c1-10(11-3-2-4-19-9-11)21-14-8-13(18)15(7-12(14)17)26(23,24)22-16-20-5-6-25-16;2-1-3/h2-10,21H,1H3,(H,20,22);1H,(H,2,3). The van der Waals surface area contributed by atoms with Crippen molar-refractivity contribution in [3.05, 3.63) is 64.6 Å². The van der Waals surface area contributed by atoms with Crippen LogP contribution in [0.1, 0.15) is 18.5 Å². The van der Waals surface area contributed by atoms with E-state index in [0.717, 1.165) is 29.0 Å². The molecule has 1 unspecified atom stereocenters. The van der Waals surface area contributed by atoms with E-state index in [2.05, 4.69) is 20.0 Å². The van der Waals surface area contributed by atoms with Crippen LogP contribution in [0.2, 0.25) is 5.02 Å². The smallest absolute Gasteiger partial charge is 0.290 e. The molecule has 0 aliphatic heterocycles. The highest BCUT2D eigenvalue weighted by Crippen LogP contribution is 2.31. The van der Waals surface area contributed by atoms with Crippen molar-refractivity contribution in [3.63, 3.8) is 0 Å². The number of sulfonamides is 1. The van der Waals surface area contributed by atoms with Gasteiger partial charge in [0.1, 0.15) is 10.7 Å². The van der Waals surface area contributed by atoms with Crippen LogP contribution in [-0.4, -0.2) is 30.0 Å². The molecule has 1 aromatic carbocycles. The molecule has 3 N–H and O–H groups in total. The highest BCUT2D eigenvalue weighted by molar-refractivity contribution is 7.93. The van der Waals surface area contributed by atoms with Gasteiger partial charge in [-0.2, -0.15) is 0 Å². The summed E-state index contributed by atoms with van der Waals surface area (Å²) in [6.45, 7) is 1.61. The summed E-state index contributed by atoms with van der Waals surface area (Å²) in [6, 6.07) is 5.59. The van der Waals surface area contributed by atoms with Gasteiger partial charge in [-0.1, -0.05) is 17.7 Å². The monoisotopic (exact) mass is 458 g/mol. The van der Waals surface area contributed by atoms with E-state index >= 15 is 0 Å². The van der Waals surface area contributed by atoms with Crippen LogP contribution in [0.15, 0.2) is 53.1 Å². The van der Waals surface area contributed by atoms with E-state index in [4.69, 9.17) is 21.5 Å². The van der Waals surface area contributed by atoms with Gasteiger partial charge in [0, 0.05) is 24.0 Å². The maximum absolute atomic E-state index is 14.5. The lowest BCUT2D eigenvalue weighted by Gasteiger charge is -2.17. The van der Waals surface area contributed by atoms with Gasteiger partial charge >= 0.3 is 0 Å². The first-order valence-electron chi connectivity index (χ1n) is 7.94. The molecule has 154 valence electrons. The van der Waals surface area contributed by atoms with Gasteiger partial charge in [-0.25, -0.2) is 17.8 Å². The van der Waals surface area contributed by atoms with Crippen LogP contribution in [0.4, 0.5) is 15.2 Å². The molecule has 12 heteroatoms. The largest absolute Gasteiger partial charge is 0.483 e. The van der Waals surface area contributed by atoms with E-state index < -0.39 is 20.7 Å². The maximum Gasteiger partial charge on any atom is 0.290 e. The predicted molar refractivity (Wildman–Crippen MR) is 109 cm³/mol. The number of aromatic nitrogens is 2. The Morgan fingerprint density at radius 3 is 2.66 bits per heavy atom. The Labute approximate surface area is 175 Å². The number of thiazole rings is 1. The Morgan fingerprint density at radius 1 is 1.34 bits per heavy atom. The van der Waals surface area contributed by atoms with E-state index in [1.807, 2.05) is 13.0 Å². The molecule has 0 bridgehead atoms. The third kappa shape index (κ3) is 6.11. The molecular weight excluding hydrogens is 443 g/mol. The van der Waals surface area contributed by atoms with Gasteiger partial charge in [0.25, 0.3) is 16.5 Å². The van der Waals surface area contributed by atoms with Crippen LogP contribution in [0.5, 0.6) is 0 Å². The number of nitrogens with one attached hydrogen (secondary N) is 2. The van der Waals surface area contributed by atoms with E-state index in [0.29, 0.717) is 0 Å². The summed E-state index contributed by atoms with van der Waals surface area (Å²) in [4.78, 5) is 15.7. The van der Waals surface area contributed by atoms with Gasteiger partial charge in [-0.15, -0.1) is 11.3 Å². The van der Waals surface area contributed by atoms with Gasteiger partial charge < -0.3 is 10.4 Å². The maximum atomic E-state index is 14.5. The molecule has 3 aromatic rings.